The largest absolute Gasteiger partial charge is 0.389 e. The normalized spacial score (nSPS) is 14.7. The molecule has 0 heterocycles. The maximum Gasteiger partial charge on any atom is 0.0897 e. The fraction of sp³-hybridized carbons (Fsp3) is 1.00. The van der Waals surface area contributed by atoms with E-state index in [1.165, 1.54) is 0 Å². The van der Waals surface area contributed by atoms with Crippen LogP contribution in [0.2, 0.25) is 0 Å². The second kappa shape index (κ2) is 13.2. The summed E-state index contributed by atoms with van der Waals surface area (Å²) in [5, 5.41) is 12.8. The van der Waals surface area contributed by atoms with Gasteiger partial charge in [-0.25, -0.2) is 0 Å². The lowest BCUT2D eigenvalue weighted by Crippen LogP contribution is -2.38. The van der Waals surface area contributed by atoms with Crippen LogP contribution in [0.15, 0.2) is 0 Å². The molecule has 2 N–H and O–H groups in total. The first-order valence-electron chi connectivity index (χ1n) is 6.76. The molecule has 2 unspecified atom stereocenters. The first-order valence-corrected chi connectivity index (χ1v) is 6.76. The highest BCUT2D eigenvalue weighted by atomic mass is 16.5. The Kier molecular flexibility index (Phi) is 13.1. The topological polar surface area (TPSA) is 60.0 Å². The van der Waals surface area contributed by atoms with Crippen LogP contribution in [-0.4, -0.2) is 63.9 Å². The van der Waals surface area contributed by atoms with E-state index in [0.29, 0.717) is 33.0 Å². The predicted molar refractivity (Wildman–Crippen MR) is 71.9 cm³/mol. The molecule has 0 spiro atoms. The van der Waals surface area contributed by atoms with Gasteiger partial charge in [-0.3, -0.25) is 0 Å². The molecule has 0 radical (unpaired) electrons. The summed E-state index contributed by atoms with van der Waals surface area (Å²) in [4.78, 5) is 0. The van der Waals surface area contributed by atoms with Crippen molar-refractivity contribution in [1.29, 1.82) is 0 Å². The summed E-state index contributed by atoms with van der Waals surface area (Å²) in [7, 11) is 1.66. The maximum absolute atomic E-state index is 9.64. The van der Waals surface area contributed by atoms with Gasteiger partial charge in [0.05, 0.1) is 32.5 Å². The molecule has 0 aromatic carbocycles. The second-order valence-electron chi connectivity index (χ2n) is 4.46. The SMILES string of the molecule is CCCCOCCOCC(O)CNC(C)COC. The Morgan fingerprint density at radius 2 is 1.83 bits per heavy atom. The number of rotatable bonds is 13. The highest BCUT2D eigenvalue weighted by Crippen LogP contribution is 1.90. The first-order chi connectivity index (χ1) is 8.70. The molecule has 110 valence electrons. The molecular formula is C13H29NO4. The van der Waals surface area contributed by atoms with Crippen molar-refractivity contribution in [2.75, 3.05) is 46.7 Å². The molecule has 0 bridgehead atoms. The summed E-state index contributed by atoms with van der Waals surface area (Å²) in [6, 6.07) is 0.238. The quantitative estimate of drug-likeness (QED) is 0.481. The van der Waals surface area contributed by atoms with Crippen LogP contribution in [0.1, 0.15) is 26.7 Å². The average molecular weight is 263 g/mol. The van der Waals surface area contributed by atoms with Crippen LogP contribution in [0.5, 0.6) is 0 Å². The van der Waals surface area contributed by atoms with E-state index in [1.54, 1.807) is 7.11 Å². The summed E-state index contributed by atoms with van der Waals surface area (Å²) in [5.74, 6) is 0. The summed E-state index contributed by atoms with van der Waals surface area (Å²) >= 11 is 0. The zero-order chi connectivity index (χ0) is 13.6. The van der Waals surface area contributed by atoms with Crippen LogP contribution in [0.25, 0.3) is 0 Å². The van der Waals surface area contributed by atoms with Gasteiger partial charge in [0.1, 0.15) is 0 Å². The van der Waals surface area contributed by atoms with Crippen molar-refractivity contribution in [1.82, 2.24) is 5.32 Å². The van der Waals surface area contributed by atoms with E-state index in [0.717, 1.165) is 19.4 Å². The fourth-order valence-corrected chi connectivity index (χ4v) is 1.39. The van der Waals surface area contributed by atoms with Crippen LogP contribution in [-0.2, 0) is 14.2 Å². The molecule has 0 aromatic rings. The number of hydrogen-bond donors (Lipinski definition) is 2. The van der Waals surface area contributed by atoms with E-state index >= 15 is 0 Å². The van der Waals surface area contributed by atoms with Crippen LogP contribution in [0, 0.1) is 0 Å². The summed E-state index contributed by atoms with van der Waals surface area (Å²) in [6.07, 6.45) is 1.74. The Labute approximate surface area is 111 Å². The highest BCUT2D eigenvalue weighted by Gasteiger charge is 2.06. The third kappa shape index (κ3) is 12.3. The van der Waals surface area contributed by atoms with Crippen molar-refractivity contribution >= 4 is 0 Å². The molecule has 0 amide bonds. The molecule has 0 rings (SSSR count). The van der Waals surface area contributed by atoms with E-state index < -0.39 is 6.10 Å². The molecule has 0 saturated heterocycles. The smallest absolute Gasteiger partial charge is 0.0897 e. The van der Waals surface area contributed by atoms with Gasteiger partial charge in [0.2, 0.25) is 0 Å². The molecule has 18 heavy (non-hydrogen) atoms. The molecule has 0 saturated carbocycles. The molecule has 2 atom stereocenters. The number of aliphatic hydroxyl groups is 1. The number of ether oxygens (including phenoxy) is 3. The molecule has 0 fully saturated rings. The average Bonchev–Trinajstić information content (AvgIpc) is 2.35. The first kappa shape index (κ1) is 17.8. The van der Waals surface area contributed by atoms with E-state index in [4.69, 9.17) is 14.2 Å². The third-order valence-electron chi connectivity index (χ3n) is 2.44. The fourth-order valence-electron chi connectivity index (χ4n) is 1.39. The van der Waals surface area contributed by atoms with Gasteiger partial charge >= 0.3 is 0 Å². The Balaban J connectivity index is 3.23. The van der Waals surface area contributed by atoms with Crippen LogP contribution >= 0.6 is 0 Å². The lowest BCUT2D eigenvalue weighted by atomic mass is 10.3. The van der Waals surface area contributed by atoms with Gasteiger partial charge in [-0.15, -0.1) is 0 Å². The molecule has 0 aliphatic heterocycles. The number of nitrogens with one attached hydrogen (secondary N) is 1. The Morgan fingerprint density at radius 3 is 2.50 bits per heavy atom. The minimum Gasteiger partial charge on any atom is -0.389 e. The Morgan fingerprint density at radius 1 is 1.11 bits per heavy atom. The van der Waals surface area contributed by atoms with Crippen molar-refractivity contribution < 1.29 is 19.3 Å². The second-order valence-corrected chi connectivity index (χ2v) is 4.46. The number of unbranched alkanes of at least 4 members (excludes halogenated alkanes) is 1. The molecule has 5 nitrogen and oxygen atoms in total. The minimum absolute atomic E-state index is 0.238. The molecule has 0 aromatic heterocycles. The van der Waals surface area contributed by atoms with E-state index in [9.17, 15) is 5.11 Å². The van der Waals surface area contributed by atoms with Crippen molar-refractivity contribution in [3.63, 3.8) is 0 Å². The molecule has 0 aliphatic rings. The van der Waals surface area contributed by atoms with Crippen LogP contribution in [0.4, 0.5) is 0 Å². The standard InChI is InChI=1S/C13H29NO4/c1-4-5-6-17-7-8-18-11-13(15)9-14-12(2)10-16-3/h12-15H,4-11H2,1-3H3. The summed E-state index contributed by atoms with van der Waals surface area (Å²) in [6.45, 7) is 7.56. The highest BCUT2D eigenvalue weighted by molar-refractivity contribution is 4.64. The summed E-state index contributed by atoms with van der Waals surface area (Å²) in [5.41, 5.74) is 0. The van der Waals surface area contributed by atoms with E-state index in [-0.39, 0.29) is 6.04 Å². The number of aliphatic hydroxyl groups excluding tert-OH is 1. The maximum atomic E-state index is 9.64. The summed E-state index contributed by atoms with van der Waals surface area (Å²) < 4.78 is 15.7. The molecule has 0 aliphatic carbocycles. The van der Waals surface area contributed by atoms with Crippen molar-refractivity contribution in [2.45, 2.75) is 38.8 Å². The minimum atomic E-state index is -0.486. The van der Waals surface area contributed by atoms with Crippen LogP contribution in [0.3, 0.4) is 0 Å². The van der Waals surface area contributed by atoms with Gasteiger partial charge < -0.3 is 24.6 Å². The lowest BCUT2D eigenvalue weighted by Gasteiger charge is -2.16. The van der Waals surface area contributed by atoms with Gasteiger partial charge in [-0.05, 0) is 13.3 Å². The van der Waals surface area contributed by atoms with Crippen molar-refractivity contribution in [3.8, 4) is 0 Å². The van der Waals surface area contributed by atoms with Gasteiger partial charge in [-0.1, -0.05) is 13.3 Å². The van der Waals surface area contributed by atoms with E-state index in [2.05, 4.69) is 12.2 Å². The van der Waals surface area contributed by atoms with Gasteiger partial charge in [-0.2, -0.15) is 0 Å². The monoisotopic (exact) mass is 263 g/mol. The zero-order valence-corrected chi connectivity index (χ0v) is 12.0. The molecule has 5 heteroatoms. The zero-order valence-electron chi connectivity index (χ0n) is 12.0. The van der Waals surface area contributed by atoms with Gasteiger partial charge in [0, 0.05) is 26.3 Å². The Bertz CT molecular complexity index is 169. The van der Waals surface area contributed by atoms with Crippen molar-refractivity contribution in [2.24, 2.45) is 0 Å². The number of hydrogen-bond acceptors (Lipinski definition) is 5. The number of methoxy groups -OCH3 is 1. The lowest BCUT2D eigenvalue weighted by molar-refractivity contribution is 0.00262. The predicted octanol–water partition coefficient (Wildman–Crippen LogP) is 0.805. The van der Waals surface area contributed by atoms with E-state index in [1.807, 2.05) is 6.92 Å². The molecular weight excluding hydrogens is 234 g/mol. The van der Waals surface area contributed by atoms with Crippen molar-refractivity contribution in [3.05, 3.63) is 0 Å². The van der Waals surface area contributed by atoms with Gasteiger partial charge in [0.25, 0.3) is 0 Å². The third-order valence-corrected chi connectivity index (χ3v) is 2.44. The Hall–Kier alpha value is -0.200. The van der Waals surface area contributed by atoms with Gasteiger partial charge in [0.15, 0.2) is 0 Å². The van der Waals surface area contributed by atoms with Crippen LogP contribution < -0.4 is 5.32 Å².